The number of halogens is 1. The van der Waals surface area contributed by atoms with Gasteiger partial charge in [0, 0.05) is 18.9 Å². The van der Waals surface area contributed by atoms with E-state index >= 15 is 0 Å². The number of hydrogen-bond acceptors (Lipinski definition) is 4. The minimum absolute atomic E-state index is 0.276. The van der Waals surface area contributed by atoms with E-state index in [0.29, 0.717) is 10.7 Å². The van der Waals surface area contributed by atoms with E-state index < -0.39 is 0 Å². The topological polar surface area (TPSA) is 69.6 Å². The van der Waals surface area contributed by atoms with Crippen LogP contribution in [0.25, 0.3) is 11.5 Å². The molecule has 0 atom stereocenters. The molecule has 0 fully saturated rings. The van der Waals surface area contributed by atoms with Gasteiger partial charge in [0.25, 0.3) is 0 Å². The third kappa shape index (κ3) is 1.86. The molecule has 2 aromatic rings. The van der Waals surface area contributed by atoms with Gasteiger partial charge >= 0.3 is 0 Å². The van der Waals surface area contributed by atoms with Gasteiger partial charge in [0.2, 0.25) is 0 Å². The maximum Gasteiger partial charge on any atom is 0.160 e. The second kappa shape index (κ2) is 4.49. The lowest BCUT2D eigenvalue weighted by Gasteiger charge is -2.07. The number of hydrogen-bond donors (Lipinski definition) is 1. The van der Waals surface area contributed by atoms with Gasteiger partial charge in [-0.1, -0.05) is 18.5 Å². The summed E-state index contributed by atoms with van der Waals surface area (Å²) in [7, 11) is 0. The third-order valence-electron chi connectivity index (χ3n) is 2.21. The van der Waals surface area contributed by atoms with Gasteiger partial charge in [0.15, 0.2) is 5.82 Å². The van der Waals surface area contributed by atoms with Gasteiger partial charge in [-0.15, -0.1) is 0 Å². The smallest absolute Gasteiger partial charge is 0.160 e. The van der Waals surface area contributed by atoms with Crippen molar-refractivity contribution in [2.45, 2.75) is 19.9 Å². The van der Waals surface area contributed by atoms with Crippen LogP contribution in [0.1, 0.15) is 13.3 Å². The van der Waals surface area contributed by atoms with Crippen molar-refractivity contribution in [3.8, 4) is 11.5 Å². The van der Waals surface area contributed by atoms with Crippen molar-refractivity contribution in [1.82, 2.24) is 19.5 Å². The molecule has 0 spiro atoms. The van der Waals surface area contributed by atoms with Crippen molar-refractivity contribution in [2.24, 2.45) is 0 Å². The van der Waals surface area contributed by atoms with Crippen molar-refractivity contribution in [1.29, 1.82) is 0 Å². The normalized spacial score (nSPS) is 10.6. The molecular formula is C10H12ClN5. The monoisotopic (exact) mass is 237 g/mol. The highest BCUT2D eigenvalue weighted by Gasteiger charge is 2.13. The molecule has 0 radical (unpaired) electrons. The van der Waals surface area contributed by atoms with Crippen LogP contribution in [-0.2, 0) is 6.54 Å². The summed E-state index contributed by atoms with van der Waals surface area (Å²) < 4.78 is 1.99. The fourth-order valence-corrected chi connectivity index (χ4v) is 1.67. The zero-order chi connectivity index (χ0) is 11.5. The lowest BCUT2D eigenvalue weighted by Crippen LogP contribution is -2.02. The first-order valence-electron chi connectivity index (χ1n) is 5.01. The Kier molecular flexibility index (Phi) is 3.05. The molecule has 2 heterocycles. The first-order chi connectivity index (χ1) is 7.74. The van der Waals surface area contributed by atoms with Crippen LogP contribution >= 0.6 is 11.6 Å². The summed E-state index contributed by atoms with van der Waals surface area (Å²) in [6.07, 6.45) is 6.02. The van der Waals surface area contributed by atoms with E-state index in [2.05, 4.69) is 21.9 Å². The molecule has 0 unspecified atom stereocenters. The number of anilines is 1. The summed E-state index contributed by atoms with van der Waals surface area (Å²) >= 11 is 6.05. The van der Waals surface area contributed by atoms with E-state index in [1.165, 1.54) is 6.33 Å². The van der Waals surface area contributed by atoms with E-state index in [1.807, 2.05) is 10.8 Å². The summed E-state index contributed by atoms with van der Waals surface area (Å²) in [5.41, 5.74) is 6.21. The number of nitrogens with two attached hydrogens (primary N) is 1. The van der Waals surface area contributed by atoms with Crippen LogP contribution in [0.2, 0.25) is 5.02 Å². The number of aromatic nitrogens is 4. The van der Waals surface area contributed by atoms with Crippen LogP contribution < -0.4 is 5.73 Å². The van der Waals surface area contributed by atoms with Gasteiger partial charge < -0.3 is 10.3 Å². The average molecular weight is 238 g/mol. The molecule has 0 aliphatic heterocycles. The second-order valence-corrected chi connectivity index (χ2v) is 3.74. The molecule has 0 saturated carbocycles. The Bertz CT molecular complexity index is 494. The maximum absolute atomic E-state index is 6.05. The largest absolute Gasteiger partial charge is 0.382 e. The van der Waals surface area contributed by atoms with E-state index in [0.717, 1.165) is 18.8 Å². The first-order valence-corrected chi connectivity index (χ1v) is 5.39. The van der Waals surface area contributed by atoms with Gasteiger partial charge in [-0.3, -0.25) is 0 Å². The fraction of sp³-hybridized carbons (Fsp3) is 0.300. The quantitative estimate of drug-likeness (QED) is 0.886. The molecule has 0 aliphatic carbocycles. The summed E-state index contributed by atoms with van der Waals surface area (Å²) in [6, 6.07) is 0. The number of imidazole rings is 1. The zero-order valence-electron chi connectivity index (χ0n) is 8.89. The van der Waals surface area contributed by atoms with E-state index in [9.17, 15) is 0 Å². The lowest BCUT2D eigenvalue weighted by molar-refractivity contribution is 0.684. The summed E-state index contributed by atoms with van der Waals surface area (Å²) in [5.74, 6) is 0.999. The summed E-state index contributed by atoms with van der Waals surface area (Å²) in [5, 5.41) is 0.353. The van der Waals surface area contributed by atoms with E-state index in [4.69, 9.17) is 17.3 Å². The van der Waals surface area contributed by atoms with E-state index in [-0.39, 0.29) is 5.82 Å². The molecule has 16 heavy (non-hydrogen) atoms. The Morgan fingerprint density at radius 1 is 1.38 bits per heavy atom. The highest BCUT2D eigenvalue weighted by molar-refractivity contribution is 6.35. The molecule has 2 rings (SSSR count). The van der Waals surface area contributed by atoms with Crippen LogP contribution in [0.4, 0.5) is 5.82 Å². The fourth-order valence-electron chi connectivity index (χ4n) is 1.49. The Morgan fingerprint density at radius 3 is 2.94 bits per heavy atom. The molecule has 0 amide bonds. The Morgan fingerprint density at radius 2 is 2.19 bits per heavy atom. The van der Waals surface area contributed by atoms with Crippen molar-refractivity contribution in [3.05, 3.63) is 23.7 Å². The van der Waals surface area contributed by atoms with Crippen molar-refractivity contribution in [2.75, 3.05) is 5.73 Å². The molecule has 2 N–H and O–H groups in total. The minimum atomic E-state index is 0.276. The van der Waals surface area contributed by atoms with Crippen molar-refractivity contribution in [3.63, 3.8) is 0 Å². The van der Waals surface area contributed by atoms with Gasteiger partial charge in [-0.05, 0) is 6.42 Å². The Hall–Kier alpha value is -1.62. The SMILES string of the molecule is CCCn1ccnc1-c1ncnc(N)c1Cl. The summed E-state index contributed by atoms with van der Waals surface area (Å²) in [6.45, 7) is 2.97. The van der Waals surface area contributed by atoms with E-state index in [1.54, 1.807) is 6.20 Å². The first kappa shape index (κ1) is 10.9. The number of rotatable bonds is 3. The highest BCUT2D eigenvalue weighted by Crippen LogP contribution is 2.27. The lowest BCUT2D eigenvalue weighted by atomic mass is 10.3. The van der Waals surface area contributed by atoms with Gasteiger partial charge in [-0.25, -0.2) is 15.0 Å². The predicted octanol–water partition coefficient (Wildman–Crippen LogP) is 1.99. The molecule has 0 aliphatic rings. The zero-order valence-corrected chi connectivity index (χ0v) is 9.65. The molecule has 0 bridgehead atoms. The molecule has 5 nitrogen and oxygen atoms in total. The molecule has 6 heteroatoms. The second-order valence-electron chi connectivity index (χ2n) is 3.37. The van der Waals surface area contributed by atoms with Crippen LogP contribution in [-0.4, -0.2) is 19.5 Å². The number of nitrogen functional groups attached to an aromatic ring is 1. The highest BCUT2D eigenvalue weighted by atomic mass is 35.5. The van der Waals surface area contributed by atoms with Gasteiger partial charge in [0.1, 0.15) is 22.9 Å². The van der Waals surface area contributed by atoms with Crippen LogP contribution in [0.5, 0.6) is 0 Å². The Balaban J connectivity index is 2.50. The molecular weight excluding hydrogens is 226 g/mol. The number of aryl methyl sites for hydroxylation is 1. The summed E-state index contributed by atoms with van der Waals surface area (Å²) in [4.78, 5) is 12.2. The number of nitrogens with zero attached hydrogens (tertiary/aromatic N) is 4. The van der Waals surface area contributed by atoms with Crippen molar-refractivity contribution >= 4 is 17.4 Å². The van der Waals surface area contributed by atoms with Crippen molar-refractivity contribution < 1.29 is 0 Å². The minimum Gasteiger partial charge on any atom is -0.382 e. The van der Waals surface area contributed by atoms with Crippen LogP contribution in [0.3, 0.4) is 0 Å². The Labute approximate surface area is 98.3 Å². The maximum atomic E-state index is 6.05. The molecule has 0 saturated heterocycles. The molecule has 2 aromatic heterocycles. The molecule has 84 valence electrons. The standard InChI is InChI=1S/C10H12ClN5/c1-2-4-16-5-3-13-10(16)8-7(11)9(12)15-6-14-8/h3,5-6H,2,4H2,1H3,(H2,12,14,15). The third-order valence-corrected chi connectivity index (χ3v) is 2.58. The van der Waals surface area contributed by atoms with Crippen LogP contribution in [0, 0.1) is 0 Å². The van der Waals surface area contributed by atoms with Crippen LogP contribution in [0.15, 0.2) is 18.7 Å². The predicted molar refractivity (Wildman–Crippen MR) is 63.0 cm³/mol. The van der Waals surface area contributed by atoms with Gasteiger partial charge in [0.05, 0.1) is 0 Å². The molecule has 0 aromatic carbocycles. The average Bonchev–Trinajstić information content (AvgIpc) is 2.71. The van der Waals surface area contributed by atoms with Gasteiger partial charge in [-0.2, -0.15) is 0 Å².